The molecule has 0 spiro atoms. The molecule has 32 N–H and O–H groups in total. The minimum Gasteiger partial charge on any atom is -0.790 e. The van der Waals surface area contributed by atoms with Gasteiger partial charge in [0.1, 0.15) is 0 Å². The molecule has 0 fully saturated rings. The van der Waals surface area contributed by atoms with E-state index in [2.05, 4.69) is 141 Å². The van der Waals surface area contributed by atoms with Crippen molar-refractivity contribution < 1.29 is 154 Å². The summed E-state index contributed by atoms with van der Waals surface area (Å²) in [5.41, 5.74) is 7.82. The van der Waals surface area contributed by atoms with Gasteiger partial charge in [0.15, 0.2) is 0 Å². The Morgan fingerprint density at radius 3 is 0.422 bits per heavy atom. The van der Waals surface area contributed by atoms with E-state index in [4.69, 9.17) is 0 Å². The topological polar surface area (TPSA) is 743 Å². The normalized spacial score (nSPS) is 8.82. The van der Waals surface area contributed by atoms with E-state index in [0.717, 1.165) is 87.2 Å². The third-order valence-electron chi connectivity index (χ3n) is 9.58. The van der Waals surface area contributed by atoms with Gasteiger partial charge in [0, 0.05) is 92.7 Å². The van der Waals surface area contributed by atoms with Crippen LogP contribution in [0.4, 0.5) is 0 Å². The van der Waals surface area contributed by atoms with Gasteiger partial charge in [-0.2, -0.15) is 0 Å². The molecule has 0 bridgehead atoms. The maximum Gasteiger partial charge on any atom is 2.00 e. The summed E-state index contributed by atoms with van der Waals surface area (Å²) in [5.74, 6) is 0. The zero-order valence-electron chi connectivity index (χ0n) is 42.5. The second kappa shape index (κ2) is 46.3. The number of hydrogen-bond donors (Lipinski definition) is 0. The number of aromatic nitrogens is 8. The monoisotopic (exact) mass is 1300 g/mol. The molecule has 31 nitrogen and oxygen atoms in total. The van der Waals surface area contributed by atoms with Gasteiger partial charge >= 0.3 is 33.6 Å². The van der Waals surface area contributed by atoms with Gasteiger partial charge in [0.25, 0.3) is 0 Å². The van der Waals surface area contributed by atoms with Crippen LogP contribution in [-0.4, -0.2) is 127 Å². The molecule has 8 aromatic heterocycles. The Labute approximate surface area is 490 Å². The molecule has 0 saturated heterocycles. The predicted molar refractivity (Wildman–Crippen MR) is 302 cm³/mol. The van der Waals surface area contributed by atoms with E-state index in [1.54, 1.807) is 49.6 Å². The van der Waals surface area contributed by atoms with Crippen LogP contribution in [0.1, 0.15) is 0 Å². The second-order valence-electron chi connectivity index (χ2n) is 13.8. The standard InChI is InChI=1S/4C12H8N2.2Co.H4O7P2.16H2O/c4*1-3-9-5-6-10-4-2-8-14-12(10)11(9)13-7-1;;;1-8(2,3)7-9(4,5)6;;;;;;;;;;;;;;;;/h4*1-8H;;;(H2,1,2,3)(H2,4,5,6);16*1H2/q;;;;2*+2;;;;;;;;;;;;;;;;;/p-4. The van der Waals surface area contributed by atoms with Gasteiger partial charge in [0.2, 0.25) is 0 Å². The largest absolute Gasteiger partial charge is 2.00 e. The van der Waals surface area contributed by atoms with Gasteiger partial charge in [-0.3, -0.25) is 39.9 Å². The first-order chi connectivity index (χ1) is 31.5. The van der Waals surface area contributed by atoms with Crippen LogP contribution in [0.15, 0.2) is 195 Å². The Kier molecular flexibility index (Phi) is 56.3. The van der Waals surface area contributed by atoms with Crippen molar-refractivity contribution in [2.45, 2.75) is 0 Å². The third kappa shape index (κ3) is 26.3. The SMILES string of the molecule is O.O.O.O.O.O.O.O.O.O.O.O.O.O.O.O.O=P([O-])([O-])OP(=O)([O-])[O-].[Co+2].[Co+2].c1cnc2c(c1)ccc1cccnc12.c1cnc2c(c1)ccc1cccnc12.c1cnc2c(c1)ccc1cccnc12.c1cnc2c(c1)ccc1cccnc12. The maximum atomic E-state index is 9.32. The maximum absolute atomic E-state index is 9.32. The summed E-state index contributed by atoms with van der Waals surface area (Å²) in [5, 5.41) is 9.10. The smallest absolute Gasteiger partial charge is 0.790 e. The third-order valence-corrected chi connectivity index (χ3v) is 11.2. The number of phosphoric acid groups is 2. The number of pyridine rings is 8. The fraction of sp³-hybridized carbons (Fsp3) is 0. The van der Waals surface area contributed by atoms with Crippen molar-refractivity contribution in [2.75, 3.05) is 0 Å². The van der Waals surface area contributed by atoms with Crippen LogP contribution in [0, 0.1) is 0 Å². The summed E-state index contributed by atoms with van der Waals surface area (Å²) >= 11 is 0. The summed E-state index contributed by atoms with van der Waals surface area (Å²) in [6.07, 6.45) is 14.4. The molecular formula is C48H64Co2N8O23P2. The first-order valence-electron chi connectivity index (χ1n) is 19.6. The van der Waals surface area contributed by atoms with Crippen LogP contribution in [0.25, 0.3) is 87.2 Å². The average Bonchev–Trinajstić information content (AvgIpc) is 3.33. The van der Waals surface area contributed by atoms with E-state index in [9.17, 15) is 28.7 Å². The Balaban J connectivity index is -0.0000000829. The minimum absolute atomic E-state index is 0. The van der Waals surface area contributed by atoms with Crippen molar-refractivity contribution in [3.63, 3.8) is 0 Å². The first-order valence-corrected chi connectivity index (χ1v) is 22.5. The van der Waals surface area contributed by atoms with E-state index in [1.807, 2.05) is 48.5 Å². The van der Waals surface area contributed by atoms with Crippen LogP contribution in [0.2, 0.25) is 0 Å². The van der Waals surface area contributed by atoms with Crippen molar-refractivity contribution in [3.8, 4) is 0 Å². The van der Waals surface area contributed by atoms with Gasteiger partial charge in [-0.25, -0.2) is 0 Å². The van der Waals surface area contributed by atoms with E-state index in [-0.39, 0.29) is 121 Å². The summed E-state index contributed by atoms with van der Waals surface area (Å²) in [7, 11) is -11.4. The van der Waals surface area contributed by atoms with Crippen LogP contribution in [0.5, 0.6) is 0 Å². The molecular weight excluding hydrogens is 1240 g/mol. The molecule has 0 aliphatic heterocycles. The van der Waals surface area contributed by atoms with Crippen molar-refractivity contribution in [1.29, 1.82) is 0 Å². The van der Waals surface area contributed by atoms with Gasteiger partial charge in [-0.1, -0.05) is 97.1 Å². The van der Waals surface area contributed by atoms with Gasteiger partial charge in [0.05, 0.1) is 59.8 Å². The molecule has 8 heterocycles. The molecule has 4 aromatic carbocycles. The Morgan fingerprint density at radius 2 is 0.337 bits per heavy atom. The molecule has 0 unspecified atom stereocenters. The number of benzene rings is 4. The van der Waals surface area contributed by atoms with Gasteiger partial charge in [-0.15, -0.1) is 0 Å². The Bertz CT molecular complexity index is 3080. The van der Waals surface area contributed by atoms with Crippen molar-refractivity contribution in [2.24, 2.45) is 0 Å². The van der Waals surface area contributed by atoms with Crippen molar-refractivity contribution >= 4 is 103 Å². The number of fused-ring (bicyclic) bond motifs is 12. The first kappa shape index (κ1) is 101. The van der Waals surface area contributed by atoms with Gasteiger partial charge < -0.3 is 121 Å². The Hall–Kier alpha value is -7.21. The summed E-state index contributed by atoms with van der Waals surface area (Å²) in [4.78, 5) is 72.1. The van der Waals surface area contributed by atoms with E-state index >= 15 is 0 Å². The number of rotatable bonds is 2. The Morgan fingerprint density at radius 1 is 0.229 bits per heavy atom. The average molecular weight is 1300 g/mol. The minimum atomic E-state index is -5.68. The summed E-state index contributed by atoms with van der Waals surface area (Å²) in [6, 6.07) is 48.6. The summed E-state index contributed by atoms with van der Waals surface area (Å²) < 4.78 is 21.2. The molecule has 0 amide bonds. The quantitative estimate of drug-likeness (QED) is 0.115. The van der Waals surface area contributed by atoms with E-state index in [0.29, 0.717) is 0 Å². The van der Waals surface area contributed by atoms with Gasteiger partial charge in [-0.05, 0) is 48.5 Å². The number of hydrogen-bond acceptors (Lipinski definition) is 15. The molecule has 462 valence electrons. The van der Waals surface area contributed by atoms with E-state index in [1.165, 1.54) is 0 Å². The molecule has 0 aliphatic rings. The van der Waals surface area contributed by atoms with Crippen LogP contribution in [-0.2, 0) is 47.0 Å². The summed E-state index contributed by atoms with van der Waals surface area (Å²) in [6.45, 7) is 0. The van der Waals surface area contributed by atoms with E-state index < -0.39 is 15.6 Å². The molecule has 2 radical (unpaired) electrons. The number of nitrogens with zero attached hydrogens (tertiary/aromatic N) is 8. The van der Waals surface area contributed by atoms with Crippen LogP contribution < -0.4 is 19.6 Å². The molecule has 0 atom stereocenters. The fourth-order valence-corrected chi connectivity index (χ4v) is 7.82. The molecule has 12 rings (SSSR count). The predicted octanol–water partition coefficient (Wildman–Crippen LogP) is -5.41. The zero-order chi connectivity index (χ0) is 45.2. The van der Waals surface area contributed by atoms with Crippen LogP contribution >= 0.6 is 15.6 Å². The zero-order valence-corrected chi connectivity index (χ0v) is 46.3. The van der Waals surface area contributed by atoms with Crippen molar-refractivity contribution in [3.05, 3.63) is 195 Å². The second-order valence-corrected chi connectivity index (χ2v) is 16.3. The van der Waals surface area contributed by atoms with Crippen LogP contribution in [0.3, 0.4) is 0 Å². The molecule has 35 heteroatoms. The molecule has 12 aromatic rings. The molecule has 83 heavy (non-hydrogen) atoms. The fourth-order valence-electron chi connectivity index (χ4n) is 6.84. The van der Waals surface area contributed by atoms with Crippen molar-refractivity contribution in [1.82, 2.24) is 39.9 Å². The molecule has 0 aliphatic carbocycles. The molecule has 0 saturated carbocycles.